The maximum Gasteiger partial charge on any atom is 0.224 e. The predicted octanol–water partition coefficient (Wildman–Crippen LogP) is 2.91. The average molecular weight is 340 g/mol. The summed E-state index contributed by atoms with van der Waals surface area (Å²) in [5.74, 6) is 0.0922. The van der Waals surface area contributed by atoms with Crippen molar-refractivity contribution in [2.75, 3.05) is 18.5 Å². The Morgan fingerprint density at radius 2 is 2.00 bits per heavy atom. The number of carbonyl (C=O) groups excluding carboxylic acids is 1. The van der Waals surface area contributed by atoms with Crippen LogP contribution >= 0.6 is 15.9 Å². The SMILES string of the molecule is Cc1ccc(CC(=O)NC2(CBr)CCOCC2)cc1C. The molecule has 0 saturated carbocycles. The zero-order valence-corrected chi connectivity index (χ0v) is 13.8. The van der Waals surface area contributed by atoms with Crippen molar-refractivity contribution in [3.63, 3.8) is 0 Å². The van der Waals surface area contributed by atoms with E-state index in [9.17, 15) is 4.79 Å². The minimum Gasteiger partial charge on any atom is -0.381 e. The lowest BCUT2D eigenvalue weighted by molar-refractivity contribution is -0.123. The van der Waals surface area contributed by atoms with E-state index in [4.69, 9.17) is 4.74 Å². The van der Waals surface area contributed by atoms with Crippen LogP contribution in [0, 0.1) is 13.8 Å². The van der Waals surface area contributed by atoms with Crippen LogP contribution in [0.3, 0.4) is 0 Å². The van der Waals surface area contributed by atoms with Crippen LogP contribution in [0.25, 0.3) is 0 Å². The van der Waals surface area contributed by atoms with E-state index in [1.54, 1.807) is 0 Å². The first-order valence-electron chi connectivity index (χ1n) is 7.05. The van der Waals surface area contributed by atoms with Gasteiger partial charge in [0.1, 0.15) is 0 Å². The molecule has 1 heterocycles. The van der Waals surface area contributed by atoms with E-state index < -0.39 is 0 Å². The van der Waals surface area contributed by atoms with Crippen LogP contribution in [0.4, 0.5) is 0 Å². The standard InChI is InChI=1S/C16H22BrNO2/c1-12-3-4-14(9-13(12)2)10-15(19)18-16(11-17)5-7-20-8-6-16/h3-4,9H,5-8,10-11H2,1-2H3,(H,18,19). The molecule has 1 aliphatic rings. The van der Waals surface area contributed by atoms with Gasteiger partial charge in [-0.05, 0) is 43.4 Å². The van der Waals surface area contributed by atoms with Gasteiger partial charge in [-0.15, -0.1) is 0 Å². The summed E-state index contributed by atoms with van der Waals surface area (Å²) in [4.78, 5) is 12.3. The fraction of sp³-hybridized carbons (Fsp3) is 0.562. The molecule has 0 unspecified atom stereocenters. The zero-order chi connectivity index (χ0) is 14.6. The van der Waals surface area contributed by atoms with Crippen molar-refractivity contribution >= 4 is 21.8 Å². The molecule has 1 N–H and O–H groups in total. The summed E-state index contributed by atoms with van der Waals surface area (Å²) < 4.78 is 5.38. The predicted molar refractivity (Wildman–Crippen MR) is 84.3 cm³/mol. The van der Waals surface area contributed by atoms with Crippen molar-refractivity contribution in [3.05, 3.63) is 34.9 Å². The lowest BCUT2D eigenvalue weighted by Gasteiger charge is -2.36. The van der Waals surface area contributed by atoms with Gasteiger partial charge in [0, 0.05) is 18.5 Å². The molecule has 110 valence electrons. The number of halogens is 1. The summed E-state index contributed by atoms with van der Waals surface area (Å²) >= 11 is 3.53. The lowest BCUT2D eigenvalue weighted by Crippen LogP contribution is -2.53. The van der Waals surface area contributed by atoms with E-state index >= 15 is 0 Å². The number of amides is 1. The smallest absolute Gasteiger partial charge is 0.224 e. The van der Waals surface area contributed by atoms with Gasteiger partial charge in [-0.3, -0.25) is 4.79 Å². The highest BCUT2D eigenvalue weighted by atomic mass is 79.9. The summed E-state index contributed by atoms with van der Waals surface area (Å²) in [6.45, 7) is 5.60. The second-order valence-corrected chi connectivity index (χ2v) is 6.23. The number of aryl methyl sites for hydroxylation is 2. The first kappa shape index (κ1) is 15.5. The molecule has 0 aliphatic carbocycles. The molecule has 20 heavy (non-hydrogen) atoms. The Balaban J connectivity index is 1.98. The van der Waals surface area contributed by atoms with Crippen molar-refractivity contribution in [1.82, 2.24) is 5.32 Å². The third-order valence-electron chi connectivity index (χ3n) is 4.05. The first-order chi connectivity index (χ1) is 9.54. The van der Waals surface area contributed by atoms with E-state index in [2.05, 4.69) is 47.2 Å². The van der Waals surface area contributed by atoms with Gasteiger partial charge in [0.2, 0.25) is 5.91 Å². The van der Waals surface area contributed by atoms with Crippen molar-refractivity contribution in [2.45, 2.75) is 38.6 Å². The van der Waals surface area contributed by atoms with Crippen molar-refractivity contribution in [2.24, 2.45) is 0 Å². The lowest BCUT2D eigenvalue weighted by atomic mass is 9.92. The third kappa shape index (κ3) is 3.83. The maximum absolute atomic E-state index is 12.3. The normalized spacial score (nSPS) is 17.8. The van der Waals surface area contributed by atoms with Crippen LogP contribution < -0.4 is 5.32 Å². The number of hydrogen-bond donors (Lipinski definition) is 1. The highest BCUT2D eigenvalue weighted by Gasteiger charge is 2.32. The molecular formula is C16H22BrNO2. The number of ether oxygens (including phenoxy) is 1. The number of hydrogen-bond acceptors (Lipinski definition) is 2. The maximum atomic E-state index is 12.3. The van der Waals surface area contributed by atoms with Crippen molar-refractivity contribution < 1.29 is 9.53 Å². The largest absolute Gasteiger partial charge is 0.381 e. The topological polar surface area (TPSA) is 38.3 Å². The van der Waals surface area contributed by atoms with Crippen molar-refractivity contribution in [3.8, 4) is 0 Å². The number of benzene rings is 1. The van der Waals surface area contributed by atoms with Gasteiger partial charge in [0.05, 0.1) is 12.0 Å². The van der Waals surface area contributed by atoms with Crippen LogP contribution in [0.5, 0.6) is 0 Å². The summed E-state index contributed by atoms with van der Waals surface area (Å²) in [7, 11) is 0. The minimum absolute atomic E-state index is 0.0922. The fourth-order valence-electron chi connectivity index (χ4n) is 2.49. The summed E-state index contributed by atoms with van der Waals surface area (Å²) in [5.41, 5.74) is 3.42. The Kier molecular flexibility index (Phi) is 5.22. The van der Waals surface area contributed by atoms with Crippen LogP contribution in [-0.4, -0.2) is 30.0 Å². The Morgan fingerprint density at radius 1 is 1.30 bits per heavy atom. The monoisotopic (exact) mass is 339 g/mol. The molecule has 0 atom stereocenters. The molecule has 1 fully saturated rings. The minimum atomic E-state index is -0.144. The molecule has 4 heteroatoms. The molecule has 1 aliphatic heterocycles. The van der Waals surface area contributed by atoms with Crippen LogP contribution in [-0.2, 0) is 16.0 Å². The van der Waals surface area contributed by atoms with E-state index in [1.165, 1.54) is 11.1 Å². The number of nitrogens with one attached hydrogen (secondary N) is 1. The van der Waals surface area contributed by atoms with Crippen molar-refractivity contribution in [1.29, 1.82) is 0 Å². The Morgan fingerprint density at radius 3 is 2.60 bits per heavy atom. The zero-order valence-electron chi connectivity index (χ0n) is 12.2. The molecule has 0 aromatic heterocycles. The average Bonchev–Trinajstić information content (AvgIpc) is 2.44. The molecular weight excluding hydrogens is 318 g/mol. The van der Waals surface area contributed by atoms with E-state index in [-0.39, 0.29) is 11.4 Å². The number of carbonyl (C=O) groups is 1. The van der Waals surface area contributed by atoms with E-state index in [0.29, 0.717) is 6.42 Å². The molecule has 1 amide bonds. The quantitative estimate of drug-likeness (QED) is 0.856. The van der Waals surface area contributed by atoms with Crippen LogP contribution in [0.1, 0.15) is 29.5 Å². The molecule has 1 saturated heterocycles. The molecule has 1 aromatic carbocycles. The second kappa shape index (κ2) is 6.72. The van der Waals surface area contributed by atoms with Gasteiger partial charge in [0.25, 0.3) is 0 Å². The van der Waals surface area contributed by atoms with Gasteiger partial charge >= 0.3 is 0 Å². The number of alkyl halides is 1. The summed E-state index contributed by atoms with van der Waals surface area (Å²) in [6, 6.07) is 6.21. The molecule has 1 aromatic rings. The Hall–Kier alpha value is -0.870. The molecule has 0 bridgehead atoms. The Labute approximate surface area is 129 Å². The van der Waals surface area contributed by atoms with Gasteiger partial charge in [-0.2, -0.15) is 0 Å². The second-order valence-electron chi connectivity index (χ2n) is 5.67. The number of rotatable bonds is 4. The molecule has 0 spiro atoms. The van der Waals surface area contributed by atoms with Crippen LogP contribution in [0.15, 0.2) is 18.2 Å². The first-order valence-corrected chi connectivity index (χ1v) is 8.18. The fourth-order valence-corrected chi connectivity index (χ4v) is 3.19. The summed E-state index contributed by atoms with van der Waals surface area (Å²) in [5, 5.41) is 3.98. The van der Waals surface area contributed by atoms with Gasteiger partial charge in [-0.25, -0.2) is 0 Å². The highest BCUT2D eigenvalue weighted by molar-refractivity contribution is 9.09. The van der Waals surface area contributed by atoms with Crippen LogP contribution in [0.2, 0.25) is 0 Å². The van der Waals surface area contributed by atoms with E-state index in [0.717, 1.165) is 36.9 Å². The summed E-state index contributed by atoms with van der Waals surface area (Å²) in [6.07, 6.45) is 2.19. The van der Waals surface area contributed by atoms with E-state index in [1.807, 2.05) is 6.07 Å². The third-order valence-corrected chi connectivity index (χ3v) is 5.12. The Bertz CT molecular complexity index is 481. The molecule has 0 radical (unpaired) electrons. The molecule has 2 rings (SSSR count). The molecule has 3 nitrogen and oxygen atoms in total. The van der Waals surface area contributed by atoms with Gasteiger partial charge in [-0.1, -0.05) is 34.1 Å². The highest BCUT2D eigenvalue weighted by Crippen LogP contribution is 2.23. The van der Waals surface area contributed by atoms with Gasteiger partial charge in [0.15, 0.2) is 0 Å². The van der Waals surface area contributed by atoms with Gasteiger partial charge < -0.3 is 10.1 Å².